The van der Waals surface area contributed by atoms with E-state index >= 15 is 0 Å². The fourth-order valence-electron chi connectivity index (χ4n) is 1.97. The first-order valence-electron chi connectivity index (χ1n) is 6.57. The highest BCUT2D eigenvalue weighted by Gasteiger charge is 2.16. The lowest BCUT2D eigenvalue weighted by molar-refractivity contribution is 0.0138. The fourth-order valence-corrected chi connectivity index (χ4v) is 1.97. The molecule has 1 saturated heterocycles. The van der Waals surface area contributed by atoms with Crippen LogP contribution in [0.5, 0.6) is 0 Å². The summed E-state index contributed by atoms with van der Waals surface area (Å²) < 4.78 is 10.2. The maximum Gasteiger partial charge on any atom is 0.0791 e. The summed E-state index contributed by atoms with van der Waals surface area (Å²) in [6.07, 6.45) is 0.330. The summed E-state index contributed by atoms with van der Waals surface area (Å²) in [5.74, 6) is 0. The highest BCUT2D eigenvalue weighted by Crippen LogP contribution is 1.99. The van der Waals surface area contributed by atoms with E-state index in [1.54, 1.807) is 7.11 Å². The first-order chi connectivity index (χ1) is 8.76. The Bertz CT molecular complexity index is 201. The highest BCUT2D eigenvalue weighted by molar-refractivity contribution is 4.72. The van der Waals surface area contributed by atoms with E-state index in [0.717, 1.165) is 32.7 Å². The normalized spacial score (nSPS) is 20.8. The van der Waals surface area contributed by atoms with Gasteiger partial charge in [-0.05, 0) is 6.42 Å². The Morgan fingerprint density at radius 1 is 1.39 bits per heavy atom. The van der Waals surface area contributed by atoms with Crippen LogP contribution in [0, 0.1) is 0 Å². The van der Waals surface area contributed by atoms with Gasteiger partial charge < -0.3 is 25.0 Å². The van der Waals surface area contributed by atoms with Crippen LogP contribution < -0.4 is 5.32 Å². The summed E-state index contributed by atoms with van der Waals surface area (Å²) in [7, 11) is 1.64. The predicted molar refractivity (Wildman–Crippen MR) is 68.6 cm³/mol. The van der Waals surface area contributed by atoms with Crippen molar-refractivity contribution >= 4 is 0 Å². The average Bonchev–Trinajstić information content (AvgIpc) is 2.40. The molecular weight excluding hydrogens is 236 g/mol. The van der Waals surface area contributed by atoms with Gasteiger partial charge in [0.05, 0.1) is 25.9 Å². The number of aliphatic hydroxyl groups excluding tert-OH is 2. The zero-order valence-corrected chi connectivity index (χ0v) is 11.2. The second kappa shape index (κ2) is 9.66. The summed E-state index contributed by atoms with van der Waals surface area (Å²) in [5, 5.41) is 22.2. The number of ether oxygens (including phenoxy) is 2. The van der Waals surface area contributed by atoms with Crippen molar-refractivity contribution in [2.24, 2.45) is 0 Å². The van der Waals surface area contributed by atoms with E-state index < -0.39 is 6.10 Å². The van der Waals surface area contributed by atoms with Gasteiger partial charge in [-0.15, -0.1) is 0 Å². The van der Waals surface area contributed by atoms with Crippen LogP contribution in [0.4, 0.5) is 0 Å². The molecule has 1 heterocycles. The van der Waals surface area contributed by atoms with Crippen LogP contribution >= 0.6 is 0 Å². The van der Waals surface area contributed by atoms with Gasteiger partial charge in [-0.3, -0.25) is 4.90 Å². The molecule has 0 aromatic heterocycles. The van der Waals surface area contributed by atoms with Crippen molar-refractivity contribution in [2.75, 3.05) is 59.7 Å². The summed E-state index contributed by atoms with van der Waals surface area (Å²) in [4.78, 5) is 2.19. The molecule has 0 aromatic carbocycles. The molecule has 0 radical (unpaired) electrons. The number of morpholine rings is 1. The van der Waals surface area contributed by atoms with E-state index in [2.05, 4.69) is 10.2 Å². The molecule has 0 aromatic rings. The first kappa shape index (κ1) is 15.8. The summed E-state index contributed by atoms with van der Waals surface area (Å²) in [5.41, 5.74) is 0. The molecule has 1 aliphatic heterocycles. The molecule has 0 spiro atoms. The second-order valence-corrected chi connectivity index (χ2v) is 4.64. The fraction of sp³-hybridized carbons (Fsp3) is 1.00. The standard InChI is InChI=1S/C12H26N2O4/c1-17-5-2-11(10-15)13-8-12(16)9-14-3-6-18-7-4-14/h11-13,15-16H,2-10H2,1H3. The Hall–Kier alpha value is -0.240. The minimum atomic E-state index is -0.417. The molecule has 0 aliphatic carbocycles. The SMILES string of the molecule is COCCC(CO)NCC(O)CN1CCOCC1. The van der Waals surface area contributed by atoms with Gasteiger partial charge >= 0.3 is 0 Å². The Morgan fingerprint density at radius 2 is 2.11 bits per heavy atom. The molecule has 2 atom stereocenters. The summed E-state index contributed by atoms with van der Waals surface area (Å²) in [6, 6.07) is -0.00992. The van der Waals surface area contributed by atoms with Crippen molar-refractivity contribution in [3.05, 3.63) is 0 Å². The van der Waals surface area contributed by atoms with Gasteiger partial charge in [0.2, 0.25) is 0 Å². The van der Waals surface area contributed by atoms with Gasteiger partial charge in [-0.1, -0.05) is 0 Å². The van der Waals surface area contributed by atoms with Crippen molar-refractivity contribution < 1.29 is 19.7 Å². The van der Waals surface area contributed by atoms with Gasteiger partial charge in [-0.2, -0.15) is 0 Å². The molecular formula is C12H26N2O4. The van der Waals surface area contributed by atoms with E-state index in [9.17, 15) is 5.11 Å². The Morgan fingerprint density at radius 3 is 2.72 bits per heavy atom. The molecule has 1 rings (SSSR count). The van der Waals surface area contributed by atoms with Gasteiger partial charge in [0.1, 0.15) is 0 Å². The van der Waals surface area contributed by atoms with Crippen LogP contribution in [0.25, 0.3) is 0 Å². The smallest absolute Gasteiger partial charge is 0.0791 e. The van der Waals surface area contributed by atoms with Gasteiger partial charge in [-0.25, -0.2) is 0 Å². The van der Waals surface area contributed by atoms with Crippen LogP contribution in [0.15, 0.2) is 0 Å². The van der Waals surface area contributed by atoms with E-state index in [0.29, 0.717) is 19.7 Å². The highest BCUT2D eigenvalue weighted by atomic mass is 16.5. The molecule has 0 amide bonds. The molecule has 2 unspecified atom stereocenters. The minimum Gasteiger partial charge on any atom is -0.395 e. The molecule has 0 bridgehead atoms. The number of nitrogens with zero attached hydrogens (tertiary/aromatic N) is 1. The Balaban J connectivity index is 2.11. The molecule has 3 N–H and O–H groups in total. The molecule has 6 nitrogen and oxygen atoms in total. The van der Waals surface area contributed by atoms with Gasteiger partial charge in [0.25, 0.3) is 0 Å². The topological polar surface area (TPSA) is 74.2 Å². The zero-order valence-electron chi connectivity index (χ0n) is 11.2. The Kier molecular flexibility index (Phi) is 8.49. The third kappa shape index (κ3) is 6.63. The lowest BCUT2D eigenvalue weighted by atomic mass is 10.2. The third-order valence-electron chi connectivity index (χ3n) is 3.11. The lowest BCUT2D eigenvalue weighted by Crippen LogP contribution is -2.46. The minimum absolute atomic E-state index is 0.00992. The number of methoxy groups -OCH3 is 1. The molecule has 108 valence electrons. The number of hydrogen-bond acceptors (Lipinski definition) is 6. The van der Waals surface area contributed by atoms with E-state index in [4.69, 9.17) is 14.6 Å². The molecule has 0 saturated carbocycles. The maximum atomic E-state index is 9.91. The largest absolute Gasteiger partial charge is 0.395 e. The quantitative estimate of drug-likeness (QED) is 0.478. The van der Waals surface area contributed by atoms with Gasteiger partial charge in [0.15, 0.2) is 0 Å². The summed E-state index contributed by atoms with van der Waals surface area (Å²) >= 11 is 0. The van der Waals surface area contributed by atoms with Crippen molar-refractivity contribution in [3.63, 3.8) is 0 Å². The number of hydrogen-bond donors (Lipinski definition) is 3. The molecule has 1 fully saturated rings. The van der Waals surface area contributed by atoms with Crippen molar-refractivity contribution in [1.29, 1.82) is 0 Å². The zero-order chi connectivity index (χ0) is 13.2. The number of rotatable bonds is 9. The number of nitrogens with one attached hydrogen (secondary N) is 1. The van der Waals surface area contributed by atoms with Crippen LogP contribution in [-0.4, -0.2) is 87.0 Å². The molecule has 1 aliphatic rings. The average molecular weight is 262 g/mol. The first-order valence-corrected chi connectivity index (χ1v) is 6.57. The van der Waals surface area contributed by atoms with Crippen LogP contribution in [0.3, 0.4) is 0 Å². The van der Waals surface area contributed by atoms with Crippen LogP contribution in [0.2, 0.25) is 0 Å². The molecule has 18 heavy (non-hydrogen) atoms. The Labute approximate surface area is 109 Å². The van der Waals surface area contributed by atoms with Crippen molar-refractivity contribution in [2.45, 2.75) is 18.6 Å². The van der Waals surface area contributed by atoms with Gasteiger partial charge in [0, 0.05) is 45.9 Å². The third-order valence-corrected chi connectivity index (χ3v) is 3.11. The van der Waals surface area contributed by atoms with E-state index in [1.165, 1.54) is 0 Å². The lowest BCUT2D eigenvalue weighted by Gasteiger charge is -2.29. The van der Waals surface area contributed by atoms with E-state index in [-0.39, 0.29) is 12.6 Å². The van der Waals surface area contributed by atoms with E-state index in [1.807, 2.05) is 0 Å². The number of β-amino-alcohol motifs (C(OH)–C–C–N with tert-alkyl or cyclic N) is 1. The monoisotopic (exact) mass is 262 g/mol. The van der Waals surface area contributed by atoms with Crippen molar-refractivity contribution in [1.82, 2.24) is 10.2 Å². The number of aliphatic hydroxyl groups is 2. The second-order valence-electron chi connectivity index (χ2n) is 4.64. The van der Waals surface area contributed by atoms with Crippen molar-refractivity contribution in [3.8, 4) is 0 Å². The predicted octanol–water partition coefficient (Wildman–Crippen LogP) is -1.33. The maximum absolute atomic E-state index is 9.91. The van der Waals surface area contributed by atoms with Crippen LogP contribution in [-0.2, 0) is 9.47 Å². The molecule has 6 heteroatoms. The summed E-state index contributed by atoms with van der Waals surface area (Å²) in [6.45, 7) is 5.06. The van der Waals surface area contributed by atoms with Crippen LogP contribution in [0.1, 0.15) is 6.42 Å².